The zero-order chi connectivity index (χ0) is 13.8. The largest absolute Gasteiger partial charge is 0.496 e. The molecule has 0 bridgehead atoms. The van der Waals surface area contributed by atoms with Crippen molar-refractivity contribution in [1.82, 2.24) is 10.2 Å². The van der Waals surface area contributed by atoms with Crippen LogP contribution in [0.15, 0.2) is 18.2 Å². The molecule has 0 unspecified atom stereocenters. The van der Waals surface area contributed by atoms with Gasteiger partial charge < -0.3 is 15.2 Å². The molecule has 102 valence electrons. The first kappa shape index (κ1) is 13.4. The zero-order valence-corrected chi connectivity index (χ0v) is 11.5. The van der Waals surface area contributed by atoms with Crippen LogP contribution in [0.2, 0.25) is 0 Å². The number of ether oxygens (including phenoxy) is 2. The number of nitrogen functional groups attached to an aromatic ring is 1. The molecule has 5 nitrogen and oxygen atoms in total. The quantitative estimate of drug-likeness (QED) is 0.865. The van der Waals surface area contributed by atoms with Crippen molar-refractivity contribution in [3.05, 3.63) is 29.5 Å². The summed E-state index contributed by atoms with van der Waals surface area (Å²) in [6.45, 7) is 2.65. The number of rotatable bonds is 5. The van der Waals surface area contributed by atoms with E-state index in [0.717, 1.165) is 34.6 Å². The number of benzene rings is 1. The fourth-order valence-corrected chi connectivity index (χ4v) is 2.10. The minimum atomic E-state index is 0.481. The van der Waals surface area contributed by atoms with Crippen LogP contribution in [0.25, 0.3) is 11.1 Å². The molecule has 0 aliphatic heterocycles. The van der Waals surface area contributed by atoms with E-state index in [2.05, 4.69) is 16.3 Å². The summed E-state index contributed by atoms with van der Waals surface area (Å²) >= 11 is 0. The molecule has 5 heteroatoms. The van der Waals surface area contributed by atoms with E-state index in [1.807, 2.05) is 19.1 Å². The van der Waals surface area contributed by atoms with E-state index in [0.29, 0.717) is 12.4 Å². The molecule has 2 aromatic rings. The van der Waals surface area contributed by atoms with Gasteiger partial charge in [0.15, 0.2) is 5.82 Å². The highest BCUT2D eigenvalue weighted by molar-refractivity contribution is 5.81. The second kappa shape index (κ2) is 5.75. The van der Waals surface area contributed by atoms with Gasteiger partial charge in [0.05, 0.1) is 19.3 Å². The third-order valence-electron chi connectivity index (χ3n) is 3.05. The Kier molecular flexibility index (Phi) is 4.06. The van der Waals surface area contributed by atoms with Gasteiger partial charge in [0.2, 0.25) is 0 Å². The summed E-state index contributed by atoms with van der Waals surface area (Å²) in [5.41, 5.74) is 9.95. The first-order chi connectivity index (χ1) is 9.17. The molecule has 0 radical (unpaired) electrons. The number of anilines is 1. The van der Waals surface area contributed by atoms with Crippen molar-refractivity contribution < 1.29 is 9.47 Å². The SMILES string of the molecule is COCCc1[nH]nc(N)c1-c1cc(C)ccc1OC. The summed E-state index contributed by atoms with van der Waals surface area (Å²) in [7, 11) is 3.33. The van der Waals surface area contributed by atoms with Crippen LogP contribution >= 0.6 is 0 Å². The lowest BCUT2D eigenvalue weighted by atomic mass is 10.0. The van der Waals surface area contributed by atoms with Gasteiger partial charge in [-0.15, -0.1) is 0 Å². The minimum Gasteiger partial charge on any atom is -0.496 e. The zero-order valence-electron chi connectivity index (χ0n) is 11.5. The van der Waals surface area contributed by atoms with Crippen LogP contribution in [0, 0.1) is 6.92 Å². The molecule has 0 saturated heterocycles. The number of nitrogens with two attached hydrogens (primary N) is 1. The number of aryl methyl sites for hydroxylation is 1. The molecule has 3 N–H and O–H groups in total. The molecule has 0 spiro atoms. The van der Waals surface area contributed by atoms with Crippen LogP contribution in [-0.4, -0.2) is 31.0 Å². The van der Waals surface area contributed by atoms with Gasteiger partial charge in [0, 0.05) is 24.8 Å². The maximum atomic E-state index is 5.98. The van der Waals surface area contributed by atoms with Crippen molar-refractivity contribution in [3.63, 3.8) is 0 Å². The van der Waals surface area contributed by atoms with Crippen LogP contribution in [0.5, 0.6) is 5.75 Å². The molecule has 2 rings (SSSR count). The van der Waals surface area contributed by atoms with Crippen molar-refractivity contribution in [3.8, 4) is 16.9 Å². The van der Waals surface area contributed by atoms with E-state index in [-0.39, 0.29) is 0 Å². The minimum absolute atomic E-state index is 0.481. The van der Waals surface area contributed by atoms with Crippen molar-refractivity contribution in [1.29, 1.82) is 0 Å². The van der Waals surface area contributed by atoms with E-state index >= 15 is 0 Å². The Labute approximate surface area is 112 Å². The first-order valence-electron chi connectivity index (χ1n) is 6.14. The average Bonchev–Trinajstić information content (AvgIpc) is 2.77. The molecule has 0 aliphatic carbocycles. The highest BCUT2D eigenvalue weighted by Crippen LogP contribution is 2.36. The molecule has 19 heavy (non-hydrogen) atoms. The Balaban J connectivity index is 2.51. The van der Waals surface area contributed by atoms with E-state index < -0.39 is 0 Å². The van der Waals surface area contributed by atoms with Crippen molar-refractivity contribution >= 4 is 5.82 Å². The molecule has 1 heterocycles. The summed E-state index contributed by atoms with van der Waals surface area (Å²) < 4.78 is 10.5. The summed E-state index contributed by atoms with van der Waals surface area (Å²) in [5.74, 6) is 1.27. The standard InChI is InChI=1S/C14H19N3O2/c1-9-4-5-12(19-3)10(8-9)13-11(6-7-18-2)16-17-14(13)15/h4-5,8H,6-7H2,1-3H3,(H3,15,16,17). The van der Waals surface area contributed by atoms with Gasteiger partial charge in [0.1, 0.15) is 5.75 Å². The number of aromatic nitrogens is 2. The molecule has 0 saturated carbocycles. The van der Waals surface area contributed by atoms with Crippen LogP contribution in [0.1, 0.15) is 11.3 Å². The number of hydrogen-bond acceptors (Lipinski definition) is 4. The number of methoxy groups -OCH3 is 2. The molecular weight excluding hydrogens is 242 g/mol. The number of nitrogens with one attached hydrogen (secondary N) is 1. The van der Waals surface area contributed by atoms with Gasteiger partial charge in [-0.05, 0) is 19.1 Å². The van der Waals surface area contributed by atoms with Gasteiger partial charge >= 0.3 is 0 Å². The number of nitrogens with zero attached hydrogens (tertiary/aromatic N) is 1. The number of hydrogen-bond donors (Lipinski definition) is 2. The van der Waals surface area contributed by atoms with Crippen LogP contribution < -0.4 is 10.5 Å². The number of aromatic amines is 1. The van der Waals surface area contributed by atoms with Crippen molar-refractivity contribution in [2.24, 2.45) is 0 Å². The predicted molar refractivity (Wildman–Crippen MR) is 75.3 cm³/mol. The lowest BCUT2D eigenvalue weighted by Crippen LogP contribution is -1.99. The summed E-state index contributed by atoms with van der Waals surface area (Å²) in [4.78, 5) is 0. The molecule has 0 atom stereocenters. The van der Waals surface area contributed by atoms with E-state index in [1.54, 1.807) is 14.2 Å². The molecule has 0 amide bonds. The van der Waals surface area contributed by atoms with Crippen molar-refractivity contribution in [2.45, 2.75) is 13.3 Å². The van der Waals surface area contributed by atoms with E-state index in [1.165, 1.54) is 0 Å². The van der Waals surface area contributed by atoms with Gasteiger partial charge in [-0.2, -0.15) is 5.10 Å². The average molecular weight is 261 g/mol. The Morgan fingerprint density at radius 1 is 1.32 bits per heavy atom. The van der Waals surface area contributed by atoms with Crippen LogP contribution in [0.3, 0.4) is 0 Å². The van der Waals surface area contributed by atoms with Crippen LogP contribution in [-0.2, 0) is 11.2 Å². The third kappa shape index (κ3) is 2.71. The molecule has 1 aromatic carbocycles. The van der Waals surface area contributed by atoms with Crippen LogP contribution in [0.4, 0.5) is 5.82 Å². The monoisotopic (exact) mass is 261 g/mol. The Morgan fingerprint density at radius 3 is 2.79 bits per heavy atom. The summed E-state index contributed by atoms with van der Waals surface area (Å²) in [5, 5.41) is 7.06. The van der Waals surface area contributed by atoms with Gasteiger partial charge in [-0.1, -0.05) is 11.6 Å². The van der Waals surface area contributed by atoms with E-state index in [4.69, 9.17) is 15.2 Å². The van der Waals surface area contributed by atoms with Gasteiger partial charge in [0.25, 0.3) is 0 Å². The topological polar surface area (TPSA) is 73.2 Å². The van der Waals surface area contributed by atoms with Crippen molar-refractivity contribution in [2.75, 3.05) is 26.6 Å². The Bertz CT molecular complexity index is 564. The lowest BCUT2D eigenvalue weighted by molar-refractivity contribution is 0.201. The maximum Gasteiger partial charge on any atom is 0.153 e. The molecule has 1 aromatic heterocycles. The van der Waals surface area contributed by atoms with E-state index in [9.17, 15) is 0 Å². The number of H-pyrrole nitrogens is 1. The summed E-state index contributed by atoms with van der Waals surface area (Å²) in [6, 6.07) is 6.00. The second-order valence-corrected chi connectivity index (χ2v) is 4.41. The highest BCUT2D eigenvalue weighted by Gasteiger charge is 2.16. The van der Waals surface area contributed by atoms with Gasteiger partial charge in [-0.3, -0.25) is 5.10 Å². The first-order valence-corrected chi connectivity index (χ1v) is 6.14. The fourth-order valence-electron chi connectivity index (χ4n) is 2.10. The summed E-state index contributed by atoms with van der Waals surface area (Å²) in [6.07, 6.45) is 0.729. The second-order valence-electron chi connectivity index (χ2n) is 4.41. The Morgan fingerprint density at radius 2 is 2.11 bits per heavy atom. The highest BCUT2D eigenvalue weighted by atomic mass is 16.5. The molecule has 0 aliphatic rings. The maximum absolute atomic E-state index is 5.98. The normalized spacial score (nSPS) is 10.7. The molecule has 0 fully saturated rings. The molecular formula is C14H19N3O2. The lowest BCUT2D eigenvalue weighted by Gasteiger charge is -2.10. The smallest absolute Gasteiger partial charge is 0.153 e. The Hall–Kier alpha value is -2.01. The predicted octanol–water partition coefficient (Wildman–Crippen LogP) is 2.16. The fraction of sp³-hybridized carbons (Fsp3) is 0.357. The third-order valence-corrected chi connectivity index (χ3v) is 3.05. The van der Waals surface area contributed by atoms with Gasteiger partial charge in [-0.25, -0.2) is 0 Å².